The summed E-state index contributed by atoms with van der Waals surface area (Å²) in [6.45, 7) is 14.0. The molecule has 0 spiro atoms. The summed E-state index contributed by atoms with van der Waals surface area (Å²) in [5.74, 6) is -0.619. The number of rotatable bonds is 5. The van der Waals surface area contributed by atoms with E-state index in [-0.39, 0.29) is 50.8 Å². The van der Waals surface area contributed by atoms with E-state index < -0.39 is 35.0 Å². The molecule has 1 saturated heterocycles. The molecule has 2 N–H and O–H groups in total. The lowest BCUT2D eigenvalue weighted by molar-refractivity contribution is -0.161. The number of aryl methyl sites for hydroxylation is 1. The first kappa shape index (κ1) is 34.6. The monoisotopic (exact) mass is 752 g/mol. The van der Waals surface area contributed by atoms with Crippen LogP contribution in [0.4, 0.5) is 25.6 Å². The van der Waals surface area contributed by atoms with Crippen LogP contribution in [0.1, 0.15) is 79.8 Å². The zero-order chi connectivity index (χ0) is 36.1. The molecule has 1 aromatic carbocycles. The van der Waals surface area contributed by atoms with E-state index in [2.05, 4.69) is 35.4 Å². The molecule has 7 rings (SSSR count). The number of hydrogen-bond donors (Lipinski definition) is 1. The normalized spacial score (nSPS) is 25.4. The fourth-order valence-corrected chi connectivity index (χ4v) is 8.15. The average Bonchev–Trinajstić information content (AvgIpc) is 3.22. The van der Waals surface area contributed by atoms with Gasteiger partial charge in [-0.3, -0.25) is 0 Å². The van der Waals surface area contributed by atoms with Gasteiger partial charge < -0.3 is 29.2 Å². The van der Waals surface area contributed by atoms with Gasteiger partial charge in [0.05, 0.1) is 27.5 Å². The number of halogens is 2. The second kappa shape index (κ2) is 11.6. The van der Waals surface area contributed by atoms with Crippen molar-refractivity contribution < 1.29 is 32.9 Å². The molecule has 5 atom stereocenters. The summed E-state index contributed by atoms with van der Waals surface area (Å²) in [5, 5.41) is 1.03. The van der Waals surface area contributed by atoms with Crippen molar-refractivity contribution in [1.29, 1.82) is 0 Å². The highest BCUT2D eigenvalue weighted by Gasteiger charge is 2.75. The third kappa shape index (κ3) is 6.08. The number of anilines is 2. The van der Waals surface area contributed by atoms with Crippen LogP contribution in [-0.2, 0) is 25.4 Å². The highest BCUT2D eigenvalue weighted by Crippen LogP contribution is 2.73. The first-order valence-corrected chi connectivity index (χ1v) is 17.5. The first-order valence-electron chi connectivity index (χ1n) is 16.7. The zero-order valence-corrected chi connectivity index (χ0v) is 31.0. The van der Waals surface area contributed by atoms with Crippen LogP contribution in [0.3, 0.4) is 0 Å². The molecule has 4 heterocycles. The lowest BCUT2D eigenvalue weighted by atomic mass is 9.91. The van der Waals surface area contributed by atoms with E-state index >= 15 is 4.39 Å². The third-order valence-corrected chi connectivity index (χ3v) is 10.2. The summed E-state index contributed by atoms with van der Waals surface area (Å²) in [4.78, 5) is 40.8. The van der Waals surface area contributed by atoms with E-state index in [9.17, 15) is 9.59 Å². The number of pyridine rings is 1. The largest absolute Gasteiger partial charge is 0.443 e. The van der Waals surface area contributed by atoms with Gasteiger partial charge in [-0.05, 0) is 126 Å². The van der Waals surface area contributed by atoms with Gasteiger partial charge in [-0.1, -0.05) is 0 Å². The van der Waals surface area contributed by atoms with Crippen molar-refractivity contribution in [3.63, 3.8) is 0 Å². The van der Waals surface area contributed by atoms with Crippen LogP contribution >= 0.6 is 15.9 Å². The number of hydrogen-bond acceptors (Lipinski definition) is 10. The molecule has 1 aliphatic heterocycles. The van der Waals surface area contributed by atoms with Crippen LogP contribution in [-0.4, -0.2) is 60.9 Å². The van der Waals surface area contributed by atoms with Gasteiger partial charge >= 0.3 is 12.2 Å². The summed E-state index contributed by atoms with van der Waals surface area (Å²) in [6, 6.07) is 6.74. The quantitative estimate of drug-likeness (QED) is 0.214. The van der Waals surface area contributed by atoms with E-state index in [1.54, 1.807) is 47.6 Å². The third-order valence-electron chi connectivity index (χ3n) is 9.61. The maximum absolute atomic E-state index is 15.7. The maximum Gasteiger partial charge on any atom is 0.425 e. The maximum atomic E-state index is 15.7. The summed E-state index contributed by atoms with van der Waals surface area (Å²) < 4.78 is 42.3. The van der Waals surface area contributed by atoms with Gasteiger partial charge in [0.15, 0.2) is 11.6 Å². The predicted molar refractivity (Wildman–Crippen MR) is 188 cm³/mol. The van der Waals surface area contributed by atoms with Crippen LogP contribution in [0.15, 0.2) is 41.3 Å². The molecular weight excluding hydrogens is 711 g/mol. The van der Waals surface area contributed by atoms with Crippen molar-refractivity contribution in [2.75, 3.05) is 10.6 Å². The molecule has 3 aliphatic rings. The lowest BCUT2D eigenvalue weighted by Gasteiger charge is -2.28. The Bertz CT molecular complexity index is 2010. The number of fused-ring (bicyclic) bond motifs is 5. The van der Waals surface area contributed by atoms with Gasteiger partial charge in [0.1, 0.15) is 40.9 Å². The van der Waals surface area contributed by atoms with E-state index in [1.165, 1.54) is 18.5 Å². The Morgan fingerprint density at radius 2 is 1.74 bits per heavy atom. The Morgan fingerprint density at radius 1 is 1.06 bits per heavy atom. The van der Waals surface area contributed by atoms with Crippen molar-refractivity contribution in [3.8, 4) is 0 Å². The molecule has 2 amide bonds. The molecular formula is C36H42BrFN6O6. The van der Waals surface area contributed by atoms with Crippen molar-refractivity contribution >= 4 is 61.7 Å². The van der Waals surface area contributed by atoms with E-state index in [1.807, 2.05) is 26.1 Å². The molecule has 12 nitrogen and oxygen atoms in total. The van der Waals surface area contributed by atoms with Crippen molar-refractivity contribution in [2.45, 2.75) is 110 Å². The van der Waals surface area contributed by atoms with Gasteiger partial charge in [0.25, 0.3) is 0 Å². The van der Waals surface area contributed by atoms with Crippen molar-refractivity contribution in [2.24, 2.45) is 11.3 Å². The molecule has 4 aromatic rings. The van der Waals surface area contributed by atoms with Crippen molar-refractivity contribution in [3.05, 3.63) is 52.6 Å². The van der Waals surface area contributed by atoms with Crippen LogP contribution < -0.4 is 10.6 Å². The zero-order valence-electron chi connectivity index (χ0n) is 29.4. The molecule has 2 saturated carbocycles. The topological polar surface area (TPSA) is 144 Å². The van der Waals surface area contributed by atoms with Crippen LogP contribution in [0.2, 0.25) is 0 Å². The van der Waals surface area contributed by atoms with E-state index in [4.69, 9.17) is 24.7 Å². The standard InChI is InChI=1S/C36H42BrFN6O6/c1-33(2,3)49-31(45)44(32(46)50-34(4,5)6)30-22(37)15-20-23(38)13-18(14-24(20)42-30)9-11-36-16-21(36)25(26-27(36)48-35(7,8)47-26)43-12-10-19-28(39)40-17-41-29(19)43/h10,12-15,17,21,25-27H,9,11,16H2,1-8H3,(H2,39,40,41)/t21-,25-,26?,27?,36+/m1/s1. The average molecular weight is 754 g/mol. The Balaban J connectivity index is 1.20. The first-order chi connectivity index (χ1) is 23.3. The SMILES string of the molecule is CC(C)(C)OC(=O)N(C(=O)OC(C)(C)C)c1nc2cc(CC[C@]34C[C@@H]3[C@@H](n3ccc5c(N)ncnc53)C3OC(C)(C)OC34)cc(F)c2cc1Br. The minimum atomic E-state index is -0.966. The summed E-state index contributed by atoms with van der Waals surface area (Å²) in [5.41, 5.74) is 5.92. The molecule has 2 aliphatic carbocycles. The van der Waals surface area contributed by atoms with Gasteiger partial charge in [-0.2, -0.15) is 4.90 Å². The summed E-state index contributed by atoms with van der Waals surface area (Å²) in [6.07, 6.45) is 3.37. The number of nitrogens with zero attached hydrogens (tertiary/aromatic N) is 5. The molecule has 0 bridgehead atoms. The highest BCUT2D eigenvalue weighted by molar-refractivity contribution is 9.10. The number of carbonyl (C=O) groups excluding carboxylic acids is 2. The summed E-state index contributed by atoms with van der Waals surface area (Å²) >= 11 is 3.40. The van der Waals surface area contributed by atoms with Crippen LogP contribution in [0.25, 0.3) is 21.9 Å². The fraction of sp³-hybridized carbons (Fsp3) is 0.528. The highest BCUT2D eigenvalue weighted by atomic mass is 79.9. The van der Waals surface area contributed by atoms with E-state index in [0.29, 0.717) is 12.2 Å². The Kier molecular flexibility index (Phi) is 8.00. The number of aromatic nitrogens is 4. The number of carbonyl (C=O) groups is 2. The smallest absolute Gasteiger partial charge is 0.425 e. The number of imide groups is 1. The minimum absolute atomic E-state index is 0.0184. The molecule has 3 aromatic heterocycles. The summed E-state index contributed by atoms with van der Waals surface area (Å²) in [7, 11) is 0. The molecule has 2 unspecified atom stereocenters. The second-order valence-electron chi connectivity index (χ2n) is 16.0. The number of nitrogens with two attached hydrogens (primary N) is 1. The van der Waals surface area contributed by atoms with Gasteiger partial charge in [-0.25, -0.2) is 28.9 Å². The Hall–Kier alpha value is -3.88. The number of nitrogen functional groups attached to an aromatic ring is 1. The van der Waals surface area contributed by atoms with Crippen molar-refractivity contribution in [1.82, 2.24) is 19.5 Å². The number of amides is 2. The predicted octanol–water partition coefficient (Wildman–Crippen LogP) is 7.85. The Labute approximate surface area is 297 Å². The lowest BCUT2D eigenvalue weighted by Crippen LogP contribution is -2.44. The molecule has 3 fully saturated rings. The van der Waals surface area contributed by atoms with Gasteiger partial charge in [0.2, 0.25) is 0 Å². The molecule has 266 valence electrons. The molecule has 0 radical (unpaired) electrons. The molecule has 50 heavy (non-hydrogen) atoms. The van der Waals surface area contributed by atoms with Gasteiger partial charge in [0, 0.05) is 17.0 Å². The van der Waals surface area contributed by atoms with Gasteiger partial charge in [-0.15, -0.1) is 0 Å². The second-order valence-corrected chi connectivity index (χ2v) is 16.9. The van der Waals surface area contributed by atoms with Crippen LogP contribution in [0, 0.1) is 17.2 Å². The molecule has 14 heteroatoms. The van der Waals surface area contributed by atoms with E-state index in [0.717, 1.165) is 34.3 Å². The number of benzene rings is 1. The Morgan fingerprint density at radius 3 is 2.40 bits per heavy atom. The minimum Gasteiger partial charge on any atom is -0.443 e. The fourth-order valence-electron chi connectivity index (χ4n) is 7.66. The van der Waals surface area contributed by atoms with Crippen LogP contribution in [0.5, 0.6) is 0 Å². The number of ether oxygens (including phenoxy) is 4.